The molecule has 0 aliphatic carbocycles. The van der Waals surface area contributed by atoms with Gasteiger partial charge >= 0.3 is 0 Å². The van der Waals surface area contributed by atoms with Gasteiger partial charge in [0.25, 0.3) is 0 Å². The highest BCUT2D eigenvalue weighted by atomic mass is 16.7. The van der Waals surface area contributed by atoms with E-state index in [1.165, 1.54) is 0 Å². The van der Waals surface area contributed by atoms with Crippen molar-refractivity contribution in [2.24, 2.45) is 0 Å². The number of hydrogen-bond donors (Lipinski definition) is 2. The van der Waals surface area contributed by atoms with Crippen LogP contribution in [-0.4, -0.2) is 49.0 Å². The molecule has 118 valence electrons. The number of rotatable bonds is 8. The molecule has 1 heterocycles. The Balaban J connectivity index is 1.82. The van der Waals surface area contributed by atoms with Crippen LogP contribution in [0.2, 0.25) is 0 Å². The van der Waals surface area contributed by atoms with Gasteiger partial charge in [0.1, 0.15) is 0 Å². The first-order chi connectivity index (χ1) is 10.1. The van der Waals surface area contributed by atoms with E-state index in [2.05, 4.69) is 31.0 Å². The lowest BCUT2D eigenvalue weighted by molar-refractivity contribution is 0.163. The van der Waals surface area contributed by atoms with Crippen LogP contribution < -0.4 is 14.8 Å². The second-order valence-corrected chi connectivity index (χ2v) is 5.42. The second-order valence-electron chi connectivity index (χ2n) is 5.42. The summed E-state index contributed by atoms with van der Waals surface area (Å²) in [7, 11) is 0. The molecule has 0 bridgehead atoms. The van der Waals surface area contributed by atoms with E-state index >= 15 is 0 Å². The number of aliphatic hydroxyl groups is 1. The molecular weight excluding hydrogens is 268 g/mol. The smallest absolute Gasteiger partial charge is 0.231 e. The van der Waals surface area contributed by atoms with Gasteiger partial charge in [-0.25, -0.2) is 0 Å². The van der Waals surface area contributed by atoms with Crippen molar-refractivity contribution in [2.75, 3.05) is 33.0 Å². The molecule has 1 aliphatic heterocycles. The normalized spacial score (nSPS) is 16.2. The number of nitrogens with one attached hydrogen (secondary N) is 1. The van der Waals surface area contributed by atoms with E-state index in [0.717, 1.165) is 30.9 Å². The first-order valence-electron chi connectivity index (χ1n) is 7.67. The monoisotopic (exact) mass is 294 g/mol. The highest BCUT2D eigenvalue weighted by Crippen LogP contribution is 2.34. The molecule has 2 rings (SSSR count). The number of benzene rings is 1. The standard InChI is InChI=1S/C16H26N2O3/c1-4-18(5-2)10-12(3)17-9-14(19)13-6-7-15-16(8-13)21-11-20-15/h6-8,12,14,17,19H,4-5,9-11H2,1-3H3. The third-order valence-electron chi connectivity index (χ3n) is 3.87. The Morgan fingerprint density at radius 2 is 1.95 bits per heavy atom. The maximum atomic E-state index is 10.3. The Bertz CT molecular complexity index is 449. The molecule has 0 saturated heterocycles. The molecule has 0 saturated carbocycles. The Labute approximate surface area is 126 Å². The maximum absolute atomic E-state index is 10.3. The van der Waals surface area contributed by atoms with Crippen molar-refractivity contribution in [3.63, 3.8) is 0 Å². The fourth-order valence-electron chi connectivity index (χ4n) is 2.48. The summed E-state index contributed by atoms with van der Waals surface area (Å²) in [5.74, 6) is 1.46. The molecule has 0 fully saturated rings. The van der Waals surface area contributed by atoms with Crippen molar-refractivity contribution >= 4 is 0 Å². The third-order valence-corrected chi connectivity index (χ3v) is 3.87. The third kappa shape index (κ3) is 4.33. The van der Waals surface area contributed by atoms with Crippen molar-refractivity contribution in [3.8, 4) is 11.5 Å². The molecule has 21 heavy (non-hydrogen) atoms. The zero-order chi connectivity index (χ0) is 15.2. The fraction of sp³-hybridized carbons (Fsp3) is 0.625. The van der Waals surface area contributed by atoms with Gasteiger partial charge in [-0.05, 0) is 37.7 Å². The van der Waals surface area contributed by atoms with Crippen molar-refractivity contribution in [3.05, 3.63) is 23.8 Å². The lowest BCUT2D eigenvalue weighted by Crippen LogP contribution is -2.40. The Morgan fingerprint density at radius 1 is 1.24 bits per heavy atom. The van der Waals surface area contributed by atoms with Crippen LogP contribution in [0.1, 0.15) is 32.4 Å². The highest BCUT2D eigenvalue weighted by molar-refractivity contribution is 5.45. The van der Waals surface area contributed by atoms with E-state index in [1.807, 2.05) is 18.2 Å². The minimum absolute atomic E-state index is 0.258. The van der Waals surface area contributed by atoms with E-state index in [9.17, 15) is 5.11 Å². The van der Waals surface area contributed by atoms with Gasteiger partial charge in [0.15, 0.2) is 11.5 Å². The summed E-state index contributed by atoms with van der Waals surface area (Å²) in [5, 5.41) is 13.7. The van der Waals surface area contributed by atoms with Gasteiger partial charge in [-0.1, -0.05) is 19.9 Å². The number of hydrogen-bond acceptors (Lipinski definition) is 5. The first kappa shape index (κ1) is 16.1. The van der Waals surface area contributed by atoms with Gasteiger partial charge < -0.3 is 24.8 Å². The van der Waals surface area contributed by atoms with Crippen molar-refractivity contribution in [1.82, 2.24) is 10.2 Å². The maximum Gasteiger partial charge on any atom is 0.231 e. The minimum atomic E-state index is -0.543. The van der Waals surface area contributed by atoms with Gasteiger partial charge in [-0.2, -0.15) is 0 Å². The zero-order valence-electron chi connectivity index (χ0n) is 13.1. The highest BCUT2D eigenvalue weighted by Gasteiger charge is 2.17. The molecule has 2 N–H and O–H groups in total. The molecule has 2 atom stereocenters. The first-order valence-corrected chi connectivity index (χ1v) is 7.67. The Hall–Kier alpha value is -1.30. The molecule has 5 nitrogen and oxygen atoms in total. The predicted octanol–water partition coefficient (Wildman–Crippen LogP) is 1.77. The number of fused-ring (bicyclic) bond motifs is 1. The van der Waals surface area contributed by atoms with Crippen molar-refractivity contribution in [2.45, 2.75) is 32.9 Å². The lowest BCUT2D eigenvalue weighted by atomic mass is 10.1. The molecular formula is C16H26N2O3. The van der Waals surface area contributed by atoms with Crippen LogP contribution in [-0.2, 0) is 0 Å². The molecule has 5 heteroatoms. The molecule has 0 aromatic heterocycles. The zero-order valence-corrected chi connectivity index (χ0v) is 13.1. The molecule has 1 aromatic carbocycles. The van der Waals surface area contributed by atoms with Crippen LogP contribution in [0.3, 0.4) is 0 Å². The Kier molecular flexibility index (Phi) is 5.85. The van der Waals surface area contributed by atoms with E-state index in [0.29, 0.717) is 18.3 Å². The van der Waals surface area contributed by atoms with Gasteiger partial charge in [0.2, 0.25) is 6.79 Å². The lowest BCUT2D eigenvalue weighted by Gasteiger charge is -2.24. The quantitative estimate of drug-likeness (QED) is 0.765. The summed E-state index contributed by atoms with van der Waals surface area (Å²) in [6.07, 6.45) is -0.543. The van der Waals surface area contributed by atoms with Gasteiger partial charge in [0, 0.05) is 19.1 Å². The summed E-state index contributed by atoms with van der Waals surface area (Å²) in [6.45, 7) is 10.3. The molecule has 0 spiro atoms. The SMILES string of the molecule is CCN(CC)CC(C)NCC(O)c1ccc2c(c1)OCO2. The summed E-state index contributed by atoms with van der Waals surface area (Å²) in [4.78, 5) is 2.37. The number of likely N-dealkylation sites (N-methyl/N-ethyl adjacent to an activating group) is 1. The molecule has 0 radical (unpaired) electrons. The summed E-state index contributed by atoms with van der Waals surface area (Å²) in [6, 6.07) is 5.92. The Morgan fingerprint density at radius 3 is 2.67 bits per heavy atom. The minimum Gasteiger partial charge on any atom is -0.454 e. The molecule has 2 unspecified atom stereocenters. The number of ether oxygens (including phenoxy) is 2. The topological polar surface area (TPSA) is 54.0 Å². The largest absolute Gasteiger partial charge is 0.454 e. The summed E-state index contributed by atoms with van der Waals surface area (Å²) in [5.41, 5.74) is 0.849. The number of nitrogens with zero attached hydrogens (tertiary/aromatic N) is 1. The van der Waals surface area contributed by atoms with E-state index in [1.54, 1.807) is 0 Å². The summed E-state index contributed by atoms with van der Waals surface area (Å²) >= 11 is 0. The van der Waals surface area contributed by atoms with E-state index in [4.69, 9.17) is 9.47 Å². The average molecular weight is 294 g/mol. The van der Waals surface area contributed by atoms with Crippen molar-refractivity contribution in [1.29, 1.82) is 0 Å². The van der Waals surface area contributed by atoms with Crippen LogP contribution in [0.5, 0.6) is 11.5 Å². The van der Waals surface area contributed by atoms with Gasteiger partial charge in [-0.15, -0.1) is 0 Å². The molecule has 0 amide bonds. The van der Waals surface area contributed by atoms with Gasteiger partial charge in [0.05, 0.1) is 6.10 Å². The number of aliphatic hydroxyl groups excluding tert-OH is 1. The van der Waals surface area contributed by atoms with Crippen LogP contribution in [0, 0.1) is 0 Å². The second kappa shape index (κ2) is 7.64. The van der Waals surface area contributed by atoms with E-state index < -0.39 is 6.10 Å². The van der Waals surface area contributed by atoms with Crippen LogP contribution in [0.25, 0.3) is 0 Å². The van der Waals surface area contributed by atoms with Gasteiger partial charge in [-0.3, -0.25) is 0 Å². The molecule has 1 aromatic rings. The summed E-state index contributed by atoms with van der Waals surface area (Å²) < 4.78 is 10.6. The molecule has 1 aliphatic rings. The van der Waals surface area contributed by atoms with E-state index in [-0.39, 0.29) is 6.79 Å². The van der Waals surface area contributed by atoms with Crippen LogP contribution in [0.15, 0.2) is 18.2 Å². The fourth-order valence-corrected chi connectivity index (χ4v) is 2.48. The van der Waals surface area contributed by atoms with Crippen molar-refractivity contribution < 1.29 is 14.6 Å². The average Bonchev–Trinajstić information content (AvgIpc) is 2.97. The van der Waals surface area contributed by atoms with Crippen LogP contribution in [0.4, 0.5) is 0 Å². The predicted molar refractivity (Wildman–Crippen MR) is 82.8 cm³/mol. The van der Waals surface area contributed by atoms with Crippen LogP contribution >= 0.6 is 0 Å².